The number of allylic oxidation sites excluding steroid dienone is 3. The van der Waals surface area contributed by atoms with Crippen molar-refractivity contribution in [3.05, 3.63) is 24.3 Å². The molecule has 0 atom stereocenters. The number of aliphatic hydroxyl groups is 1. The van der Waals surface area contributed by atoms with E-state index < -0.39 is 0 Å². The molecule has 0 saturated heterocycles. The van der Waals surface area contributed by atoms with Crippen molar-refractivity contribution >= 4 is 5.91 Å². The number of aliphatic hydroxyl groups excluding tert-OH is 1. The van der Waals surface area contributed by atoms with Crippen LogP contribution in [-0.4, -0.2) is 23.2 Å². The van der Waals surface area contributed by atoms with Gasteiger partial charge >= 0.3 is 0 Å². The fourth-order valence-corrected chi connectivity index (χ4v) is 0.971. The maximum atomic E-state index is 11.3. The van der Waals surface area contributed by atoms with Crippen LogP contribution in [0, 0.1) is 0 Å². The third-order valence-electron chi connectivity index (χ3n) is 1.75. The lowest BCUT2D eigenvalue weighted by atomic mass is 10.0. The molecule has 0 unspecified atom stereocenters. The van der Waals surface area contributed by atoms with E-state index >= 15 is 0 Å². The summed E-state index contributed by atoms with van der Waals surface area (Å²) in [6.45, 7) is 5.72. The minimum atomic E-state index is -0.355. The lowest BCUT2D eigenvalue weighted by Gasteiger charge is -2.24. The van der Waals surface area contributed by atoms with Crippen molar-refractivity contribution in [2.75, 3.05) is 6.61 Å². The van der Waals surface area contributed by atoms with Crippen molar-refractivity contribution in [3.63, 3.8) is 0 Å². The Hall–Kier alpha value is -1.09. The van der Waals surface area contributed by atoms with Crippen molar-refractivity contribution in [1.82, 2.24) is 5.32 Å². The molecule has 14 heavy (non-hydrogen) atoms. The summed E-state index contributed by atoms with van der Waals surface area (Å²) in [7, 11) is 0. The third kappa shape index (κ3) is 6.43. The van der Waals surface area contributed by atoms with Crippen molar-refractivity contribution in [2.45, 2.75) is 32.7 Å². The second-order valence-electron chi connectivity index (χ2n) is 3.73. The van der Waals surface area contributed by atoms with E-state index in [9.17, 15) is 4.79 Å². The van der Waals surface area contributed by atoms with Crippen LogP contribution < -0.4 is 5.32 Å². The van der Waals surface area contributed by atoms with Crippen molar-refractivity contribution < 1.29 is 9.90 Å². The number of nitrogens with one attached hydrogen (secondary N) is 1. The molecule has 0 rings (SSSR count). The molecule has 0 aromatic carbocycles. The predicted octanol–water partition coefficient (Wildman–Crippen LogP) is 1.40. The van der Waals surface area contributed by atoms with Gasteiger partial charge in [-0.05, 0) is 27.2 Å². The van der Waals surface area contributed by atoms with Gasteiger partial charge in [-0.2, -0.15) is 0 Å². The summed E-state index contributed by atoms with van der Waals surface area (Å²) in [5.74, 6) is -0.137. The van der Waals surface area contributed by atoms with Gasteiger partial charge in [-0.15, -0.1) is 0 Å². The summed E-state index contributed by atoms with van der Waals surface area (Å²) < 4.78 is 0. The van der Waals surface area contributed by atoms with Crippen LogP contribution in [0.5, 0.6) is 0 Å². The second-order valence-corrected chi connectivity index (χ2v) is 3.73. The van der Waals surface area contributed by atoms with Crippen LogP contribution in [0.2, 0.25) is 0 Å². The summed E-state index contributed by atoms with van der Waals surface area (Å²) in [5, 5.41) is 11.5. The minimum absolute atomic E-state index is 0.0753. The van der Waals surface area contributed by atoms with Gasteiger partial charge in [-0.3, -0.25) is 4.79 Å². The zero-order valence-electron chi connectivity index (χ0n) is 9.08. The molecule has 3 heteroatoms. The number of hydrogen-bond acceptors (Lipinski definition) is 2. The fourth-order valence-electron chi connectivity index (χ4n) is 0.971. The van der Waals surface area contributed by atoms with Gasteiger partial charge in [0, 0.05) is 18.2 Å². The van der Waals surface area contributed by atoms with E-state index in [4.69, 9.17) is 5.11 Å². The van der Waals surface area contributed by atoms with Crippen LogP contribution in [0.4, 0.5) is 0 Å². The van der Waals surface area contributed by atoms with Gasteiger partial charge in [-0.25, -0.2) is 0 Å². The summed E-state index contributed by atoms with van der Waals surface area (Å²) in [4.78, 5) is 11.3. The molecular formula is C11H19NO2. The average Bonchev–Trinajstić information content (AvgIpc) is 2.03. The largest absolute Gasteiger partial charge is 0.396 e. The molecule has 0 aliphatic heterocycles. The third-order valence-corrected chi connectivity index (χ3v) is 1.75. The van der Waals surface area contributed by atoms with Crippen LogP contribution in [0.25, 0.3) is 0 Å². The monoisotopic (exact) mass is 197 g/mol. The van der Waals surface area contributed by atoms with Crippen molar-refractivity contribution in [3.8, 4) is 0 Å². The van der Waals surface area contributed by atoms with Gasteiger partial charge in [0.2, 0.25) is 5.91 Å². The molecule has 3 nitrogen and oxygen atoms in total. The van der Waals surface area contributed by atoms with Crippen molar-refractivity contribution in [2.24, 2.45) is 0 Å². The number of carbonyl (C=O) groups is 1. The second kappa shape index (κ2) is 6.38. The summed E-state index contributed by atoms with van der Waals surface area (Å²) in [5.41, 5.74) is -0.355. The summed E-state index contributed by atoms with van der Waals surface area (Å²) in [6, 6.07) is 0. The Morgan fingerprint density at radius 3 is 2.57 bits per heavy atom. The lowest BCUT2D eigenvalue weighted by molar-refractivity contribution is -0.118. The van der Waals surface area contributed by atoms with Crippen molar-refractivity contribution in [1.29, 1.82) is 0 Å². The molecule has 0 aliphatic carbocycles. The Bertz CT molecular complexity index is 229. The molecule has 0 fully saturated rings. The van der Waals surface area contributed by atoms with Gasteiger partial charge in [0.1, 0.15) is 0 Å². The molecular weight excluding hydrogens is 178 g/mol. The van der Waals surface area contributed by atoms with E-state index in [1.807, 2.05) is 26.8 Å². The molecule has 1 amide bonds. The molecule has 0 bridgehead atoms. The highest BCUT2D eigenvalue weighted by Crippen LogP contribution is 2.06. The lowest BCUT2D eigenvalue weighted by Crippen LogP contribution is -2.43. The minimum Gasteiger partial charge on any atom is -0.396 e. The maximum Gasteiger partial charge on any atom is 0.244 e. The Balaban J connectivity index is 4.04. The zero-order valence-corrected chi connectivity index (χ0v) is 9.08. The van der Waals surface area contributed by atoms with Crippen LogP contribution >= 0.6 is 0 Å². The first-order chi connectivity index (χ1) is 6.52. The number of rotatable bonds is 5. The molecule has 80 valence electrons. The van der Waals surface area contributed by atoms with Gasteiger partial charge in [0.25, 0.3) is 0 Å². The highest BCUT2D eigenvalue weighted by molar-refractivity contribution is 5.88. The van der Waals surface area contributed by atoms with Crippen LogP contribution in [0.3, 0.4) is 0 Å². The Morgan fingerprint density at radius 2 is 2.07 bits per heavy atom. The van der Waals surface area contributed by atoms with E-state index in [2.05, 4.69) is 5.32 Å². The predicted molar refractivity (Wildman–Crippen MR) is 57.9 cm³/mol. The fraction of sp³-hybridized carbons (Fsp3) is 0.545. The normalized spacial score (nSPS) is 12.6. The van der Waals surface area contributed by atoms with E-state index in [1.165, 1.54) is 6.08 Å². The first-order valence-electron chi connectivity index (χ1n) is 4.74. The Kier molecular flexibility index (Phi) is 5.88. The zero-order chi connectivity index (χ0) is 11.0. The molecule has 0 aromatic rings. The molecule has 0 heterocycles. The highest BCUT2D eigenvalue weighted by atomic mass is 16.3. The SMILES string of the molecule is CC=CC=CC(=O)NC(C)(C)CCO. The van der Waals surface area contributed by atoms with Gasteiger partial charge in [0.05, 0.1) is 0 Å². The first kappa shape index (κ1) is 12.9. The van der Waals surface area contributed by atoms with E-state index in [-0.39, 0.29) is 18.1 Å². The molecule has 0 saturated carbocycles. The molecule has 0 radical (unpaired) electrons. The van der Waals surface area contributed by atoms with Gasteiger partial charge < -0.3 is 10.4 Å². The maximum absolute atomic E-state index is 11.3. The molecule has 0 aromatic heterocycles. The summed E-state index contributed by atoms with van der Waals surface area (Å²) >= 11 is 0. The topological polar surface area (TPSA) is 49.3 Å². The number of carbonyl (C=O) groups excluding carboxylic acids is 1. The van der Waals surface area contributed by atoms with Crippen LogP contribution in [0.15, 0.2) is 24.3 Å². The average molecular weight is 197 g/mol. The molecule has 2 N–H and O–H groups in total. The smallest absolute Gasteiger partial charge is 0.244 e. The number of hydrogen-bond donors (Lipinski definition) is 2. The van der Waals surface area contributed by atoms with E-state index in [0.717, 1.165) is 0 Å². The van der Waals surface area contributed by atoms with E-state index in [0.29, 0.717) is 6.42 Å². The number of amides is 1. The van der Waals surface area contributed by atoms with Gasteiger partial charge in [0.15, 0.2) is 0 Å². The van der Waals surface area contributed by atoms with Gasteiger partial charge in [-0.1, -0.05) is 18.2 Å². The van der Waals surface area contributed by atoms with E-state index in [1.54, 1.807) is 12.2 Å². The quantitative estimate of drug-likeness (QED) is 0.517. The molecule has 0 spiro atoms. The standard InChI is InChI=1S/C11H19NO2/c1-4-5-6-7-10(14)12-11(2,3)8-9-13/h4-7,13H,8-9H2,1-3H3,(H,12,14). The highest BCUT2D eigenvalue weighted by Gasteiger charge is 2.17. The Morgan fingerprint density at radius 1 is 1.43 bits per heavy atom. The molecule has 0 aliphatic rings. The summed E-state index contributed by atoms with van der Waals surface area (Å²) in [6.07, 6.45) is 7.35. The van der Waals surface area contributed by atoms with Crippen LogP contribution in [0.1, 0.15) is 27.2 Å². The van der Waals surface area contributed by atoms with Crippen LogP contribution in [-0.2, 0) is 4.79 Å². The first-order valence-corrected chi connectivity index (χ1v) is 4.74. The Labute approximate surface area is 85.5 Å².